The zero-order valence-corrected chi connectivity index (χ0v) is 12.0. The SMILES string of the molecule is Cc1noc(C)c1S(=O)(=O)Nc1ccc2c(c1)CCN2. The number of hydrogen-bond acceptors (Lipinski definition) is 5. The predicted octanol–water partition coefficient (Wildman–Crippen LogP) is 2.06. The van der Waals surface area contributed by atoms with E-state index < -0.39 is 10.0 Å². The molecule has 2 N–H and O–H groups in total. The number of benzene rings is 1. The molecular weight excluding hydrogens is 278 g/mol. The van der Waals surface area contributed by atoms with Gasteiger partial charge in [0, 0.05) is 17.9 Å². The minimum Gasteiger partial charge on any atom is -0.384 e. The van der Waals surface area contributed by atoms with Crippen LogP contribution < -0.4 is 10.0 Å². The number of nitrogens with one attached hydrogen (secondary N) is 2. The number of sulfonamides is 1. The lowest BCUT2D eigenvalue weighted by atomic mass is 10.1. The number of aromatic nitrogens is 1. The maximum absolute atomic E-state index is 12.4. The quantitative estimate of drug-likeness (QED) is 0.905. The van der Waals surface area contributed by atoms with Gasteiger partial charge in [-0.1, -0.05) is 5.16 Å². The predicted molar refractivity (Wildman–Crippen MR) is 75.4 cm³/mol. The molecule has 2 aromatic rings. The van der Waals surface area contributed by atoms with E-state index in [2.05, 4.69) is 15.2 Å². The molecule has 106 valence electrons. The van der Waals surface area contributed by atoms with Gasteiger partial charge in [0.05, 0.1) is 0 Å². The van der Waals surface area contributed by atoms with Crippen LogP contribution in [0.4, 0.5) is 11.4 Å². The van der Waals surface area contributed by atoms with Gasteiger partial charge in [0.2, 0.25) is 0 Å². The molecule has 1 aromatic heterocycles. The molecule has 1 aliphatic rings. The summed E-state index contributed by atoms with van der Waals surface area (Å²) in [4.78, 5) is 0.108. The molecule has 0 unspecified atom stereocenters. The van der Waals surface area contributed by atoms with Crippen LogP contribution in [-0.2, 0) is 16.4 Å². The molecule has 1 aromatic carbocycles. The zero-order valence-electron chi connectivity index (χ0n) is 11.2. The van der Waals surface area contributed by atoms with Crippen LogP contribution in [0.25, 0.3) is 0 Å². The van der Waals surface area contributed by atoms with Gasteiger partial charge in [0.1, 0.15) is 5.69 Å². The molecular formula is C13H15N3O3S. The van der Waals surface area contributed by atoms with Gasteiger partial charge < -0.3 is 9.84 Å². The Morgan fingerprint density at radius 3 is 2.85 bits per heavy atom. The molecule has 2 heterocycles. The van der Waals surface area contributed by atoms with Crippen LogP contribution in [0.1, 0.15) is 17.0 Å². The molecule has 6 nitrogen and oxygen atoms in total. The Balaban J connectivity index is 1.94. The van der Waals surface area contributed by atoms with E-state index in [0.29, 0.717) is 11.4 Å². The molecule has 0 saturated heterocycles. The maximum Gasteiger partial charge on any atom is 0.267 e. The van der Waals surface area contributed by atoms with E-state index in [1.54, 1.807) is 19.9 Å². The lowest BCUT2D eigenvalue weighted by molar-refractivity contribution is 0.390. The second-order valence-corrected chi connectivity index (χ2v) is 6.43. The van der Waals surface area contributed by atoms with Crippen LogP contribution in [-0.4, -0.2) is 20.1 Å². The summed E-state index contributed by atoms with van der Waals surface area (Å²) in [5.41, 5.74) is 3.08. The monoisotopic (exact) mass is 293 g/mol. The van der Waals surface area contributed by atoms with Gasteiger partial charge in [0.25, 0.3) is 10.0 Å². The first-order valence-corrected chi connectivity index (χ1v) is 7.78. The van der Waals surface area contributed by atoms with Gasteiger partial charge in [-0.05, 0) is 44.0 Å². The summed E-state index contributed by atoms with van der Waals surface area (Å²) in [5, 5.41) is 6.91. The lowest BCUT2D eigenvalue weighted by Crippen LogP contribution is -2.14. The standard InChI is InChI=1S/C13H15N3O3S/c1-8-13(9(2)19-15-8)20(17,18)16-11-3-4-12-10(7-11)5-6-14-12/h3-4,7,14,16H,5-6H2,1-2H3. The van der Waals surface area contributed by atoms with Gasteiger partial charge >= 0.3 is 0 Å². The fourth-order valence-electron chi connectivity index (χ4n) is 2.43. The minimum absolute atomic E-state index is 0.108. The van der Waals surface area contributed by atoms with Crippen molar-refractivity contribution in [2.45, 2.75) is 25.2 Å². The van der Waals surface area contributed by atoms with Crippen molar-refractivity contribution < 1.29 is 12.9 Å². The zero-order chi connectivity index (χ0) is 14.3. The molecule has 0 saturated carbocycles. The number of fused-ring (bicyclic) bond motifs is 1. The van der Waals surface area contributed by atoms with Gasteiger partial charge in [-0.2, -0.15) is 0 Å². The molecule has 0 atom stereocenters. The second kappa shape index (κ2) is 4.52. The van der Waals surface area contributed by atoms with Crippen molar-refractivity contribution in [2.24, 2.45) is 0 Å². The van der Waals surface area contributed by atoms with Gasteiger partial charge in [-0.3, -0.25) is 4.72 Å². The molecule has 0 fully saturated rings. The van der Waals surface area contributed by atoms with Crippen molar-refractivity contribution in [3.05, 3.63) is 35.2 Å². The number of anilines is 2. The average molecular weight is 293 g/mol. The summed E-state index contributed by atoms with van der Waals surface area (Å²) < 4.78 is 32.2. The van der Waals surface area contributed by atoms with Crippen molar-refractivity contribution in [3.8, 4) is 0 Å². The molecule has 0 bridgehead atoms. The molecule has 3 rings (SSSR count). The van der Waals surface area contributed by atoms with E-state index >= 15 is 0 Å². The van der Waals surface area contributed by atoms with Crippen LogP contribution in [0, 0.1) is 13.8 Å². The summed E-state index contributed by atoms with van der Waals surface area (Å²) in [6.45, 7) is 4.08. The summed E-state index contributed by atoms with van der Waals surface area (Å²) in [7, 11) is -3.68. The van der Waals surface area contributed by atoms with Crippen LogP contribution in [0.3, 0.4) is 0 Å². The fourth-order valence-corrected chi connectivity index (χ4v) is 3.81. The highest BCUT2D eigenvalue weighted by molar-refractivity contribution is 7.92. The summed E-state index contributed by atoms with van der Waals surface area (Å²) >= 11 is 0. The summed E-state index contributed by atoms with van der Waals surface area (Å²) in [6, 6.07) is 5.48. The third-order valence-corrected chi connectivity index (χ3v) is 4.93. The van der Waals surface area contributed by atoms with Gasteiger partial charge in [-0.25, -0.2) is 8.42 Å². The highest BCUT2D eigenvalue weighted by Crippen LogP contribution is 2.27. The Morgan fingerprint density at radius 2 is 2.15 bits per heavy atom. The Hall–Kier alpha value is -2.02. The molecule has 0 amide bonds. The van der Waals surface area contributed by atoms with E-state index in [4.69, 9.17) is 4.52 Å². The third kappa shape index (κ3) is 2.14. The normalized spacial score (nSPS) is 13.9. The van der Waals surface area contributed by atoms with E-state index in [1.807, 2.05) is 12.1 Å². The number of aryl methyl sites for hydroxylation is 2. The fraction of sp³-hybridized carbons (Fsp3) is 0.308. The van der Waals surface area contributed by atoms with E-state index in [0.717, 1.165) is 24.2 Å². The van der Waals surface area contributed by atoms with E-state index in [-0.39, 0.29) is 10.7 Å². The highest BCUT2D eigenvalue weighted by Gasteiger charge is 2.24. The number of nitrogens with zero attached hydrogens (tertiary/aromatic N) is 1. The first-order valence-electron chi connectivity index (χ1n) is 6.30. The summed E-state index contributed by atoms with van der Waals surface area (Å²) in [6.07, 6.45) is 0.899. The van der Waals surface area contributed by atoms with Crippen molar-refractivity contribution in [1.29, 1.82) is 0 Å². The van der Waals surface area contributed by atoms with Crippen LogP contribution in [0.15, 0.2) is 27.6 Å². The first kappa shape index (κ1) is 13.0. The maximum atomic E-state index is 12.4. The third-order valence-electron chi connectivity index (χ3n) is 3.30. The minimum atomic E-state index is -3.68. The Morgan fingerprint density at radius 1 is 1.35 bits per heavy atom. The van der Waals surface area contributed by atoms with Crippen molar-refractivity contribution in [1.82, 2.24) is 5.16 Å². The van der Waals surface area contributed by atoms with Crippen molar-refractivity contribution >= 4 is 21.4 Å². The van der Waals surface area contributed by atoms with Gasteiger partial charge in [0.15, 0.2) is 10.7 Å². The van der Waals surface area contributed by atoms with Crippen LogP contribution >= 0.6 is 0 Å². The Labute approximate surface area is 117 Å². The topological polar surface area (TPSA) is 84.2 Å². The second-order valence-electron chi connectivity index (χ2n) is 4.81. The highest BCUT2D eigenvalue weighted by atomic mass is 32.2. The summed E-state index contributed by atoms with van der Waals surface area (Å²) in [5.74, 6) is 0.290. The van der Waals surface area contributed by atoms with E-state index in [1.165, 1.54) is 0 Å². The van der Waals surface area contributed by atoms with E-state index in [9.17, 15) is 8.42 Å². The van der Waals surface area contributed by atoms with Crippen LogP contribution in [0.2, 0.25) is 0 Å². The molecule has 7 heteroatoms. The average Bonchev–Trinajstić information content (AvgIpc) is 2.95. The Kier molecular flexibility index (Phi) is 2.93. The molecule has 20 heavy (non-hydrogen) atoms. The number of hydrogen-bond donors (Lipinski definition) is 2. The molecule has 0 aliphatic carbocycles. The van der Waals surface area contributed by atoms with Gasteiger partial charge in [-0.15, -0.1) is 0 Å². The molecule has 0 radical (unpaired) electrons. The first-order chi connectivity index (χ1) is 9.47. The number of rotatable bonds is 3. The smallest absolute Gasteiger partial charge is 0.267 e. The molecule has 1 aliphatic heterocycles. The van der Waals surface area contributed by atoms with Crippen molar-refractivity contribution in [2.75, 3.05) is 16.6 Å². The lowest BCUT2D eigenvalue weighted by Gasteiger charge is -2.09. The largest absolute Gasteiger partial charge is 0.384 e. The molecule has 0 spiro atoms. The van der Waals surface area contributed by atoms with Crippen LogP contribution in [0.5, 0.6) is 0 Å². The Bertz CT molecular complexity index is 746. The van der Waals surface area contributed by atoms with Crippen molar-refractivity contribution in [3.63, 3.8) is 0 Å².